The number of hydrogen-bond donors (Lipinski definition) is 9. The fraction of sp³-hybridized carbons (Fsp3) is 0.984. The molecule has 2 aliphatic heterocycles. The molecule has 12 atom stereocenters. The highest BCUT2D eigenvalue weighted by Crippen LogP contribution is 2.30. The molecule has 0 aromatic heterocycles. The highest BCUT2D eigenvalue weighted by atomic mass is 16.7. The van der Waals surface area contributed by atoms with E-state index in [1.54, 1.807) is 0 Å². The molecule has 9 N–H and O–H groups in total. The average molecular weight is 1100 g/mol. The average Bonchev–Trinajstić information content (AvgIpc) is 3.43. The Morgan fingerprint density at radius 3 is 1.10 bits per heavy atom. The summed E-state index contributed by atoms with van der Waals surface area (Å²) in [5.74, 6) is -0.200. The first-order valence-corrected chi connectivity index (χ1v) is 32.8. The van der Waals surface area contributed by atoms with E-state index in [-0.39, 0.29) is 12.5 Å². The zero-order chi connectivity index (χ0) is 56.0. The lowest BCUT2D eigenvalue weighted by atomic mass is 9.97. The van der Waals surface area contributed by atoms with E-state index in [1.807, 2.05) is 0 Å². The summed E-state index contributed by atoms with van der Waals surface area (Å²) in [5, 5.41) is 87.4. The molecule has 77 heavy (non-hydrogen) atoms. The fourth-order valence-electron chi connectivity index (χ4n) is 11.3. The van der Waals surface area contributed by atoms with E-state index in [1.165, 1.54) is 225 Å². The third-order valence-electron chi connectivity index (χ3n) is 16.6. The predicted octanol–water partition coefficient (Wildman–Crippen LogP) is 12.1. The minimum absolute atomic E-state index is 0.200. The van der Waals surface area contributed by atoms with Crippen molar-refractivity contribution >= 4 is 5.91 Å². The van der Waals surface area contributed by atoms with Crippen molar-refractivity contribution < 1.29 is 64.6 Å². The largest absolute Gasteiger partial charge is 0.394 e. The van der Waals surface area contributed by atoms with E-state index in [4.69, 9.17) is 18.9 Å². The van der Waals surface area contributed by atoms with Gasteiger partial charge in [-0.15, -0.1) is 0 Å². The van der Waals surface area contributed by atoms with Gasteiger partial charge in [-0.1, -0.05) is 284 Å². The van der Waals surface area contributed by atoms with Gasteiger partial charge in [-0.3, -0.25) is 4.79 Å². The Kier molecular flexibility index (Phi) is 46.4. The van der Waals surface area contributed by atoms with E-state index in [0.717, 1.165) is 51.4 Å². The van der Waals surface area contributed by atoms with Crippen LogP contribution >= 0.6 is 0 Å². The molecule has 12 unspecified atom stereocenters. The molecule has 458 valence electrons. The van der Waals surface area contributed by atoms with Crippen molar-refractivity contribution in [2.24, 2.45) is 0 Å². The zero-order valence-electron chi connectivity index (χ0n) is 49.5. The highest BCUT2D eigenvalue weighted by Gasteiger charge is 2.51. The summed E-state index contributed by atoms with van der Waals surface area (Å²) < 4.78 is 22.9. The van der Waals surface area contributed by atoms with E-state index in [9.17, 15) is 45.6 Å². The molecular formula is C63H123NO13. The van der Waals surface area contributed by atoms with Crippen LogP contribution in [-0.4, -0.2) is 140 Å². The van der Waals surface area contributed by atoms with Gasteiger partial charge in [0.05, 0.1) is 32.0 Å². The lowest BCUT2D eigenvalue weighted by Gasteiger charge is -2.46. The van der Waals surface area contributed by atoms with Crippen LogP contribution in [0.15, 0.2) is 0 Å². The number of aliphatic hydroxyl groups excluding tert-OH is 8. The number of nitrogens with one attached hydrogen (secondary N) is 1. The number of rotatable bonds is 54. The Hall–Kier alpha value is -1.01. The standard InChI is InChI=1S/C63H123NO13/c1-3-5-7-9-11-13-15-17-19-20-21-22-23-24-25-26-27-28-29-30-31-32-33-34-36-38-40-42-44-46-52(67)51(64-55(68)47-45-43-41-39-37-35-18-16-14-12-10-8-6-4-2)50-74-62-60(73)58(71)61(54(49-66)76-62)77-63-59(72)57(70)56(69)53(48-65)75-63/h51-54,56-63,65-67,69-73H,3-50H2,1-2H3,(H,64,68). The third kappa shape index (κ3) is 34.9. The van der Waals surface area contributed by atoms with Crippen molar-refractivity contribution in [1.82, 2.24) is 5.32 Å². The van der Waals surface area contributed by atoms with Crippen molar-refractivity contribution in [3.63, 3.8) is 0 Å². The first-order chi connectivity index (χ1) is 37.6. The quantitative estimate of drug-likeness (QED) is 0.0259. The number of hydrogen-bond acceptors (Lipinski definition) is 13. The number of carbonyl (C=O) groups is 1. The molecular weight excluding hydrogens is 979 g/mol. The molecule has 2 saturated heterocycles. The molecule has 2 aliphatic rings. The Morgan fingerprint density at radius 2 is 0.740 bits per heavy atom. The SMILES string of the molecule is CCCCCCCCCCCCCCCCCCCCCCCCCCCCCCCC(O)C(COC1OC(CO)C(OC2OC(CO)C(O)C(O)C2O)C(O)C1O)NC(=O)CCCCCCCCCCCCCCCC. The summed E-state index contributed by atoms with van der Waals surface area (Å²) in [7, 11) is 0. The van der Waals surface area contributed by atoms with Crippen LogP contribution in [0, 0.1) is 0 Å². The van der Waals surface area contributed by atoms with Crippen molar-refractivity contribution in [2.45, 2.75) is 376 Å². The van der Waals surface area contributed by atoms with Crippen LogP contribution in [0.25, 0.3) is 0 Å². The van der Waals surface area contributed by atoms with E-state index in [0.29, 0.717) is 12.8 Å². The maximum absolute atomic E-state index is 13.3. The van der Waals surface area contributed by atoms with Gasteiger partial charge in [0.15, 0.2) is 12.6 Å². The van der Waals surface area contributed by atoms with Crippen LogP contribution in [0.4, 0.5) is 0 Å². The van der Waals surface area contributed by atoms with Gasteiger partial charge in [0.1, 0.15) is 48.8 Å². The van der Waals surface area contributed by atoms with Gasteiger partial charge >= 0.3 is 0 Å². The minimum Gasteiger partial charge on any atom is -0.394 e. The lowest BCUT2D eigenvalue weighted by molar-refractivity contribution is -0.359. The van der Waals surface area contributed by atoms with Gasteiger partial charge in [0.25, 0.3) is 0 Å². The molecule has 0 bridgehead atoms. The van der Waals surface area contributed by atoms with E-state index < -0.39 is 86.8 Å². The van der Waals surface area contributed by atoms with Crippen LogP contribution < -0.4 is 5.32 Å². The van der Waals surface area contributed by atoms with Gasteiger partial charge in [0.2, 0.25) is 5.91 Å². The zero-order valence-corrected chi connectivity index (χ0v) is 49.5. The Morgan fingerprint density at radius 1 is 0.416 bits per heavy atom. The topological polar surface area (TPSA) is 228 Å². The van der Waals surface area contributed by atoms with Gasteiger partial charge < -0.3 is 65.1 Å². The van der Waals surface area contributed by atoms with E-state index >= 15 is 0 Å². The molecule has 1 amide bonds. The summed E-state index contributed by atoms with van der Waals surface area (Å²) in [4.78, 5) is 13.3. The molecule has 0 saturated carbocycles. The lowest BCUT2D eigenvalue weighted by Crippen LogP contribution is -2.65. The first kappa shape index (κ1) is 72.1. The Bertz CT molecular complexity index is 1300. The second-order valence-electron chi connectivity index (χ2n) is 23.6. The molecule has 14 heteroatoms. The number of carbonyl (C=O) groups excluding carboxylic acids is 1. The molecule has 14 nitrogen and oxygen atoms in total. The predicted molar refractivity (Wildman–Crippen MR) is 309 cm³/mol. The molecule has 0 radical (unpaired) electrons. The van der Waals surface area contributed by atoms with E-state index in [2.05, 4.69) is 19.2 Å². The summed E-state index contributed by atoms with van der Waals surface area (Å²) in [6.45, 7) is 2.90. The smallest absolute Gasteiger partial charge is 0.220 e. The maximum atomic E-state index is 13.3. The molecule has 0 spiro atoms. The first-order valence-electron chi connectivity index (χ1n) is 32.8. The highest BCUT2D eigenvalue weighted by molar-refractivity contribution is 5.76. The number of unbranched alkanes of at least 4 members (excludes halogenated alkanes) is 41. The van der Waals surface area contributed by atoms with Crippen molar-refractivity contribution in [3.05, 3.63) is 0 Å². The fourth-order valence-corrected chi connectivity index (χ4v) is 11.3. The monoisotopic (exact) mass is 1100 g/mol. The van der Waals surface area contributed by atoms with Crippen molar-refractivity contribution in [1.29, 1.82) is 0 Å². The number of amides is 1. The normalized spacial score (nSPS) is 24.6. The van der Waals surface area contributed by atoms with Crippen LogP contribution in [0.1, 0.15) is 303 Å². The molecule has 2 rings (SSSR count). The van der Waals surface area contributed by atoms with Gasteiger partial charge in [-0.2, -0.15) is 0 Å². The van der Waals surface area contributed by atoms with Crippen LogP contribution in [0.2, 0.25) is 0 Å². The minimum atomic E-state index is -1.78. The number of ether oxygens (including phenoxy) is 4. The second-order valence-corrected chi connectivity index (χ2v) is 23.6. The summed E-state index contributed by atoms with van der Waals surface area (Å²) >= 11 is 0. The Labute approximate surface area is 470 Å². The van der Waals surface area contributed by atoms with Crippen LogP contribution in [0.3, 0.4) is 0 Å². The van der Waals surface area contributed by atoms with Gasteiger partial charge in [-0.05, 0) is 12.8 Å². The maximum Gasteiger partial charge on any atom is 0.220 e. The summed E-state index contributed by atoms with van der Waals surface area (Å²) in [5.41, 5.74) is 0. The molecule has 0 aromatic rings. The van der Waals surface area contributed by atoms with Crippen molar-refractivity contribution in [3.8, 4) is 0 Å². The van der Waals surface area contributed by atoms with Gasteiger partial charge in [0, 0.05) is 6.42 Å². The molecule has 2 heterocycles. The molecule has 0 aromatic carbocycles. The van der Waals surface area contributed by atoms with Gasteiger partial charge in [-0.25, -0.2) is 0 Å². The third-order valence-corrected chi connectivity index (χ3v) is 16.6. The summed E-state index contributed by atoms with van der Waals surface area (Å²) in [6.07, 6.45) is 39.8. The van der Waals surface area contributed by atoms with Crippen molar-refractivity contribution in [2.75, 3.05) is 19.8 Å². The second kappa shape index (κ2) is 49.6. The van der Waals surface area contributed by atoms with Crippen LogP contribution in [-0.2, 0) is 23.7 Å². The Balaban J connectivity index is 1.65. The summed E-state index contributed by atoms with van der Waals surface area (Å²) in [6, 6.07) is -0.823. The van der Waals surface area contributed by atoms with Crippen LogP contribution in [0.5, 0.6) is 0 Å². The molecule has 0 aliphatic carbocycles. The molecule has 2 fully saturated rings. The number of aliphatic hydroxyl groups is 8.